The summed E-state index contributed by atoms with van der Waals surface area (Å²) in [7, 11) is -9.76. The monoisotopic (exact) mass is 394 g/mol. The molecule has 6 nitrogen and oxygen atoms in total. The van der Waals surface area contributed by atoms with Crippen LogP contribution in [-0.4, -0.2) is 25.9 Å². The van der Waals surface area contributed by atoms with Crippen LogP contribution in [0.5, 0.6) is 0 Å². The number of hydrogen-bond acceptors (Lipinski definition) is 4. The van der Waals surface area contributed by atoms with Crippen molar-refractivity contribution in [2.24, 2.45) is 0 Å². The zero-order valence-electron chi connectivity index (χ0n) is 14.0. The second kappa shape index (κ2) is 6.62. The molecule has 0 spiro atoms. The third-order valence-electron chi connectivity index (χ3n) is 4.31. The van der Waals surface area contributed by atoms with Crippen molar-refractivity contribution in [1.29, 1.82) is 0 Å². The number of benzene rings is 3. The molecule has 0 aliphatic carbocycles. The van der Waals surface area contributed by atoms with Gasteiger partial charge in [0.2, 0.25) is 0 Å². The third-order valence-corrected chi connectivity index (χ3v) is 6.36. The molecule has 0 unspecified atom stereocenters. The Hall–Kier alpha value is -2.00. The maximum Gasteiger partial charge on any atom is 0.296 e. The molecule has 26 heavy (non-hydrogen) atoms. The van der Waals surface area contributed by atoms with Gasteiger partial charge in [-0.25, -0.2) is 0 Å². The van der Waals surface area contributed by atoms with Gasteiger partial charge in [0.1, 0.15) is 9.79 Å². The largest absolute Gasteiger partial charge is 0.296 e. The molecule has 0 saturated heterocycles. The molecule has 138 valence electrons. The van der Waals surface area contributed by atoms with E-state index in [4.69, 9.17) is 0 Å². The first kappa shape index (κ1) is 18.8. The lowest BCUT2D eigenvalue weighted by molar-refractivity contribution is 0.466. The Morgan fingerprint density at radius 2 is 1.38 bits per heavy atom. The fourth-order valence-electron chi connectivity index (χ4n) is 3.19. The average Bonchev–Trinajstić information content (AvgIpc) is 2.54. The molecule has 3 rings (SSSR count). The molecule has 0 saturated carbocycles. The summed E-state index contributed by atoms with van der Waals surface area (Å²) < 4.78 is 67.5. The van der Waals surface area contributed by atoms with Crippen molar-refractivity contribution in [3.05, 3.63) is 48.0 Å². The molecule has 0 bridgehead atoms. The minimum Gasteiger partial charge on any atom is -0.282 e. The molecule has 0 aliphatic heterocycles. The Morgan fingerprint density at radius 1 is 0.808 bits per heavy atom. The van der Waals surface area contributed by atoms with Crippen molar-refractivity contribution < 1.29 is 25.9 Å². The Balaban J connectivity index is 2.56. The predicted molar refractivity (Wildman–Crippen MR) is 99.7 cm³/mol. The van der Waals surface area contributed by atoms with Crippen molar-refractivity contribution >= 4 is 41.8 Å². The van der Waals surface area contributed by atoms with E-state index in [0.717, 1.165) is 11.8 Å². The van der Waals surface area contributed by atoms with E-state index in [1.54, 1.807) is 24.3 Å². The first-order valence-corrected chi connectivity index (χ1v) is 10.9. The van der Waals surface area contributed by atoms with E-state index in [2.05, 4.69) is 0 Å². The standard InChI is InChI=1S/C18H18O6S2/c1-2-3-6-14-10-15-9-12-7-4-5-8-13(12)11-16(15)18(26(22,23)24)17(14)25(19,20)21/h4-5,7-11H,2-3,6H2,1H3,(H,19,20,21)(H,22,23,24). The number of hydrogen-bond donors (Lipinski definition) is 2. The van der Waals surface area contributed by atoms with Crippen LogP contribution in [0.4, 0.5) is 0 Å². The highest BCUT2D eigenvalue weighted by Gasteiger charge is 2.30. The van der Waals surface area contributed by atoms with Crippen LogP contribution in [0.25, 0.3) is 21.5 Å². The average molecular weight is 394 g/mol. The van der Waals surface area contributed by atoms with Crippen molar-refractivity contribution in [1.82, 2.24) is 0 Å². The quantitative estimate of drug-likeness (QED) is 0.503. The van der Waals surface area contributed by atoms with Gasteiger partial charge in [-0.05, 0) is 52.8 Å². The van der Waals surface area contributed by atoms with Crippen LogP contribution in [0, 0.1) is 0 Å². The van der Waals surface area contributed by atoms with Crippen LogP contribution in [0.15, 0.2) is 52.3 Å². The zero-order chi connectivity index (χ0) is 19.1. The van der Waals surface area contributed by atoms with E-state index in [9.17, 15) is 25.9 Å². The van der Waals surface area contributed by atoms with Crippen LogP contribution >= 0.6 is 0 Å². The maximum absolute atomic E-state index is 12.1. The summed E-state index contributed by atoms with van der Waals surface area (Å²) in [6, 6.07) is 12.0. The van der Waals surface area contributed by atoms with Crippen LogP contribution in [0.1, 0.15) is 25.3 Å². The van der Waals surface area contributed by atoms with E-state index in [0.29, 0.717) is 17.2 Å². The molecule has 0 atom stereocenters. The highest BCUT2D eigenvalue weighted by Crippen LogP contribution is 2.36. The SMILES string of the molecule is CCCCc1cc2cc3ccccc3cc2c(S(=O)(=O)O)c1S(=O)(=O)O. The number of unbranched alkanes of at least 4 members (excludes halogenated alkanes) is 1. The van der Waals surface area contributed by atoms with Crippen molar-refractivity contribution in [2.75, 3.05) is 0 Å². The van der Waals surface area contributed by atoms with E-state index in [-0.39, 0.29) is 17.4 Å². The summed E-state index contributed by atoms with van der Waals surface area (Å²) in [4.78, 5) is -1.51. The number of rotatable bonds is 5. The predicted octanol–water partition coefficient (Wildman–Crippen LogP) is 3.83. The normalized spacial score (nSPS) is 12.7. The van der Waals surface area contributed by atoms with Gasteiger partial charge in [0.05, 0.1) is 0 Å². The summed E-state index contributed by atoms with van der Waals surface area (Å²) >= 11 is 0. The smallest absolute Gasteiger partial charge is 0.282 e. The summed E-state index contributed by atoms with van der Waals surface area (Å²) in [5.41, 5.74) is 0.171. The second-order valence-corrected chi connectivity index (χ2v) is 8.88. The van der Waals surface area contributed by atoms with E-state index >= 15 is 0 Å². The van der Waals surface area contributed by atoms with Gasteiger partial charge in [-0.3, -0.25) is 9.11 Å². The zero-order valence-corrected chi connectivity index (χ0v) is 15.6. The molecule has 3 aromatic rings. The van der Waals surface area contributed by atoms with Gasteiger partial charge in [-0.2, -0.15) is 16.8 Å². The topological polar surface area (TPSA) is 109 Å². The fraction of sp³-hybridized carbons (Fsp3) is 0.222. The lowest BCUT2D eigenvalue weighted by atomic mass is 9.99. The highest BCUT2D eigenvalue weighted by atomic mass is 32.2. The minimum absolute atomic E-state index is 0.0547. The van der Waals surface area contributed by atoms with Crippen molar-refractivity contribution in [3.8, 4) is 0 Å². The van der Waals surface area contributed by atoms with Crippen LogP contribution < -0.4 is 0 Å². The summed E-state index contributed by atoms with van der Waals surface area (Å²) in [6.45, 7) is 1.91. The van der Waals surface area contributed by atoms with Gasteiger partial charge in [0.25, 0.3) is 20.2 Å². The Bertz CT molecular complexity index is 1210. The van der Waals surface area contributed by atoms with Crippen LogP contribution in [0.3, 0.4) is 0 Å². The Morgan fingerprint density at radius 3 is 1.92 bits per heavy atom. The van der Waals surface area contributed by atoms with Gasteiger partial charge < -0.3 is 0 Å². The van der Waals surface area contributed by atoms with Gasteiger partial charge in [0, 0.05) is 5.39 Å². The molecule has 8 heteroatoms. The molecule has 0 heterocycles. The first-order valence-electron chi connectivity index (χ1n) is 8.06. The van der Waals surface area contributed by atoms with Crippen molar-refractivity contribution in [3.63, 3.8) is 0 Å². The molecule has 0 aromatic heterocycles. The molecule has 0 radical (unpaired) electrons. The maximum atomic E-state index is 12.1. The lowest BCUT2D eigenvalue weighted by Gasteiger charge is -2.15. The molecular weight excluding hydrogens is 376 g/mol. The molecular formula is C18H18O6S2. The third kappa shape index (κ3) is 3.45. The highest BCUT2D eigenvalue weighted by molar-refractivity contribution is 7.89. The van der Waals surface area contributed by atoms with Gasteiger partial charge in [-0.1, -0.05) is 37.6 Å². The summed E-state index contributed by atoms with van der Waals surface area (Å²) in [6.07, 6.45) is 1.62. The summed E-state index contributed by atoms with van der Waals surface area (Å²) in [5.74, 6) is 0. The number of aryl methyl sites for hydroxylation is 1. The first-order chi connectivity index (χ1) is 12.1. The molecule has 0 fully saturated rings. The molecule has 0 aliphatic rings. The van der Waals surface area contributed by atoms with Crippen LogP contribution in [-0.2, 0) is 26.7 Å². The molecule has 2 N–H and O–H groups in total. The minimum atomic E-state index is -4.90. The van der Waals surface area contributed by atoms with Crippen molar-refractivity contribution in [2.45, 2.75) is 36.0 Å². The van der Waals surface area contributed by atoms with Gasteiger partial charge >= 0.3 is 0 Å². The lowest BCUT2D eigenvalue weighted by Crippen LogP contribution is -2.12. The fourth-order valence-corrected chi connectivity index (χ4v) is 5.48. The van der Waals surface area contributed by atoms with Gasteiger partial charge in [-0.15, -0.1) is 0 Å². The van der Waals surface area contributed by atoms with E-state index < -0.39 is 30.0 Å². The van der Waals surface area contributed by atoms with E-state index in [1.165, 1.54) is 6.07 Å². The second-order valence-electron chi connectivity index (χ2n) is 6.17. The van der Waals surface area contributed by atoms with E-state index in [1.807, 2.05) is 19.1 Å². The van der Waals surface area contributed by atoms with Crippen LogP contribution in [0.2, 0.25) is 0 Å². The Kier molecular flexibility index (Phi) is 4.78. The van der Waals surface area contributed by atoms with Gasteiger partial charge in [0.15, 0.2) is 0 Å². The Labute approximate surface area is 152 Å². The molecule has 0 amide bonds. The molecule has 3 aromatic carbocycles. The number of fused-ring (bicyclic) bond motifs is 2. The summed E-state index contributed by atoms with van der Waals surface area (Å²) in [5, 5.41) is 2.07.